The maximum Gasteiger partial charge on any atom is 0.472 e. The highest BCUT2D eigenvalue weighted by Crippen LogP contribution is 2.47. The van der Waals surface area contributed by atoms with Gasteiger partial charge in [-0.2, -0.15) is 0 Å². The number of hydrogen-bond acceptors (Lipinski definition) is 12. The quantitative estimate of drug-likeness (QED) is 0.0151. The highest BCUT2D eigenvalue weighted by molar-refractivity contribution is 7.47. The molecule has 0 aromatic rings. The van der Waals surface area contributed by atoms with Gasteiger partial charge in [0, 0.05) is 12.8 Å². The maximum absolute atomic E-state index is 12.8. The maximum atomic E-state index is 12.8. The molecule has 0 radical (unpaired) electrons. The SMILES string of the molecule is CC/C=C/C=C/C=C/C=C/C=C/CCCC(=O)OC(COC(=O)CCCCCCCCCCCCCCCCCCCC)COP(=O)(O)OC1C(O)C(O)C(O)[C@H](O)C1O. The van der Waals surface area contributed by atoms with Gasteiger partial charge in [-0.3, -0.25) is 18.6 Å². The fourth-order valence-electron chi connectivity index (χ4n) is 6.61. The Morgan fingerprint density at radius 1 is 0.533 bits per heavy atom. The van der Waals surface area contributed by atoms with Crippen LogP contribution in [0.4, 0.5) is 0 Å². The fourth-order valence-corrected chi connectivity index (χ4v) is 7.58. The molecular weight excluding hydrogens is 791 g/mol. The predicted molar refractivity (Wildman–Crippen MR) is 235 cm³/mol. The molecule has 6 N–H and O–H groups in total. The van der Waals surface area contributed by atoms with Gasteiger partial charge in [-0.25, -0.2) is 4.57 Å². The summed E-state index contributed by atoms with van der Waals surface area (Å²) in [5.74, 6) is -1.19. The van der Waals surface area contributed by atoms with Crippen molar-refractivity contribution in [3.8, 4) is 0 Å². The van der Waals surface area contributed by atoms with Crippen molar-refractivity contribution in [2.75, 3.05) is 13.2 Å². The molecule has 14 heteroatoms. The first-order chi connectivity index (χ1) is 28.9. The highest BCUT2D eigenvalue weighted by Gasteiger charge is 2.51. The second-order valence-electron chi connectivity index (χ2n) is 15.7. The van der Waals surface area contributed by atoms with E-state index >= 15 is 0 Å². The van der Waals surface area contributed by atoms with E-state index in [4.69, 9.17) is 18.5 Å². The molecule has 13 nitrogen and oxygen atoms in total. The number of hydrogen-bond donors (Lipinski definition) is 6. The summed E-state index contributed by atoms with van der Waals surface area (Å²) in [4.78, 5) is 35.6. The van der Waals surface area contributed by atoms with Crippen molar-refractivity contribution in [1.29, 1.82) is 0 Å². The molecular formula is C46H79O13P. The molecule has 0 saturated heterocycles. The lowest BCUT2D eigenvalue weighted by atomic mass is 9.85. The van der Waals surface area contributed by atoms with Crippen LogP contribution >= 0.6 is 7.82 Å². The highest BCUT2D eigenvalue weighted by atomic mass is 31.2. The standard InChI is InChI=1S/C46H79O13P/c1-3-5-7-9-11-13-15-17-18-19-20-21-23-24-26-28-30-32-34-39(47)56-36-38(37-57-60(54,55)59-46-44(52)42(50)41(49)43(51)45(46)53)58-40(48)35-33-31-29-27-25-22-16-14-12-10-8-6-4-2/h6,8,10,12,14,16,22,25,27,29,38,41-46,49-53H,3-5,7,9,11,13,15,17-21,23-24,26,28,30-37H2,1-2H3,(H,54,55)/b8-6+,12-10+,16-14+,25-22+,29-27+/t38?,41?,42-,43?,44?,45?,46?/m0/s1. The fraction of sp³-hybridized carbons (Fsp3) is 0.739. The first-order valence-electron chi connectivity index (χ1n) is 22.7. The van der Waals surface area contributed by atoms with Crippen LogP contribution in [0.3, 0.4) is 0 Å². The zero-order valence-electron chi connectivity index (χ0n) is 36.5. The minimum absolute atomic E-state index is 0.000365. The van der Waals surface area contributed by atoms with Crippen molar-refractivity contribution < 1.29 is 63.1 Å². The Hall–Kier alpha value is -2.45. The van der Waals surface area contributed by atoms with Gasteiger partial charge in [0.15, 0.2) is 6.10 Å². The van der Waals surface area contributed by atoms with Gasteiger partial charge in [0.1, 0.15) is 43.2 Å². The lowest BCUT2D eigenvalue weighted by molar-refractivity contribution is -0.220. The van der Waals surface area contributed by atoms with E-state index in [2.05, 4.69) is 19.9 Å². The largest absolute Gasteiger partial charge is 0.472 e. The zero-order chi connectivity index (χ0) is 44.3. The average Bonchev–Trinajstić information content (AvgIpc) is 3.23. The van der Waals surface area contributed by atoms with E-state index in [1.165, 1.54) is 89.9 Å². The minimum Gasteiger partial charge on any atom is -0.462 e. The Balaban J connectivity index is 2.48. The first-order valence-corrected chi connectivity index (χ1v) is 24.2. The molecule has 1 saturated carbocycles. The van der Waals surface area contributed by atoms with Crippen LogP contribution in [0.5, 0.6) is 0 Å². The summed E-state index contributed by atoms with van der Waals surface area (Å²) in [6.45, 7) is 3.09. The Kier molecular flexibility index (Phi) is 33.4. The Morgan fingerprint density at radius 2 is 0.950 bits per heavy atom. The van der Waals surface area contributed by atoms with Gasteiger partial charge in [0.05, 0.1) is 6.61 Å². The molecule has 1 rings (SSSR count). The van der Waals surface area contributed by atoms with E-state index in [0.717, 1.165) is 25.7 Å². The molecule has 0 bridgehead atoms. The van der Waals surface area contributed by atoms with Crippen molar-refractivity contribution in [3.63, 3.8) is 0 Å². The predicted octanol–water partition coefficient (Wildman–Crippen LogP) is 8.55. The van der Waals surface area contributed by atoms with Gasteiger partial charge in [-0.1, -0.05) is 184 Å². The van der Waals surface area contributed by atoms with E-state index in [1.54, 1.807) is 0 Å². The molecule has 1 aliphatic rings. The van der Waals surface area contributed by atoms with Crippen molar-refractivity contribution in [3.05, 3.63) is 60.8 Å². The second-order valence-corrected chi connectivity index (χ2v) is 17.1. The number of aliphatic hydroxyl groups is 5. The molecule has 0 heterocycles. The van der Waals surface area contributed by atoms with Crippen LogP contribution in [0.15, 0.2) is 60.8 Å². The molecule has 1 aliphatic carbocycles. The average molecular weight is 871 g/mol. The van der Waals surface area contributed by atoms with Crippen LogP contribution < -0.4 is 0 Å². The van der Waals surface area contributed by atoms with E-state index in [9.17, 15) is 44.6 Å². The number of unbranched alkanes of at least 4 members (excludes halogenated alkanes) is 18. The van der Waals surface area contributed by atoms with Crippen LogP contribution in [-0.4, -0.2) is 98.3 Å². The molecule has 0 spiro atoms. The number of phosphoric ester groups is 1. The third-order valence-electron chi connectivity index (χ3n) is 10.3. The lowest BCUT2D eigenvalue weighted by Crippen LogP contribution is -2.64. The Labute approximate surface area is 360 Å². The van der Waals surface area contributed by atoms with Gasteiger partial charge in [-0.05, 0) is 25.7 Å². The molecule has 0 aliphatic heterocycles. The summed E-state index contributed by atoms with van der Waals surface area (Å²) >= 11 is 0. The van der Waals surface area contributed by atoms with Gasteiger partial charge >= 0.3 is 19.8 Å². The molecule has 1 fully saturated rings. The van der Waals surface area contributed by atoms with Crippen LogP contribution in [0.2, 0.25) is 0 Å². The number of carbonyl (C=O) groups is 2. The third kappa shape index (κ3) is 28.2. The molecule has 8 atom stereocenters. The minimum atomic E-state index is -5.14. The van der Waals surface area contributed by atoms with E-state index < -0.39 is 75.7 Å². The monoisotopic (exact) mass is 871 g/mol. The number of carbonyl (C=O) groups excluding carboxylic acids is 2. The number of aliphatic hydroxyl groups excluding tert-OH is 5. The zero-order valence-corrected chi connectivity index (χ0v) is 37.4. The molecule has 346 valence electrons. The topological polar surface area (TPSA) is 210 Å². The summed E-state index contributed by atoms with van der Waals surface area (Å²) in [5.41, 5.74) is 0. The van der Waals surface area contributed by atoms with Crippen molar-refractivity contribution in [1.82, 2.24) is 0 Å². The number of ether oxygens (including phenoxy) is 2. The van der Waals surface area contributed by atoms with Crippen LogP contribution in [-0.2, 0) is 32.7 Å². The Bertz CT molecular complexity index is 1280. The molecule has 0 aromatic carbocycles. The number of allylic oxidation sites excluding steroid dienone is 10. The van der Waals surface area contributed by atoms with Crippen molar-refractivity contribution in [2.45, 2.75) is 204 Å². The van der Waals surface area contributed by atoms with Gasteiger partial charge in [0.25, 0.3) is 0 Å². The molecule has 7 unspecified atom stereocenters. The van der Waals surface area contributed by atoms with Crippen LogP contribution in [0.1, 0.15) is 162 Å². The summed E-state index contributed by atoms with van der Waals surface area (Å²) in [5, 5.41) is 50.1. The Morgan fingerprint density at radius 3 is 1.43 bits per heavy atom. The van der Waals surface area contributed by atoms with Gasteiger partial charge in [0.2, 0.25) is 0 Å². The number of rotatable bonds is 36. The smallest absolute Gasteiger partial charge is 0.462 e. The van der Waals surface area contributed by atoms with Gasteiger partial charge in [-0.15, -0.1) is 0 Å². The van der Waals surface area contributed by atoms with Crippen molar-refractivity contribution >= 4 is 19.8 Å². The summed E-state index contributed by atoms with van der Waals surface area (Å²) in [6, 6.07) is 0. The van der Waals surface area contributed by atoms with Crippen molar-refractivity contribution in [2.24, 2.45) is 0 Å². The normalized spacial score (nSPS) is 22.7. The van der Waals surface area contributed by atoms with Crippen LogP contribution in [0, 0.1) is 0 Å². The molecule has 0 aromatic heterocycles. The molecule has 60 heavy (non-hydrogen) atoms. The lowest BCUT2D eigenvalue weighted by Gasteiger charge is -2.41. The van der Waals surface area contributed by atoms with E-state index in [1.807, 2.05) is 54.7 Å². The summed E-state index contributed by atoms with van der Waals surface area (Å²) < 4.78 is 33.4. The van der Waals surface area contributed by atoms with E-state index in [0.29, 0.717) is 19.3 Å². The second kappa shape index (κ2) is 36.1. The summed E-state index contributed by atoms with van der Waals surface area (Å²) in [7, 11) is -5.14. The third-order valence-corrected chi connectivity index (χ3v) is 11.2. The van der Waals surface area contributed by atoms with E-state index in [-0.39, 0.29) is 12.8 Å². The summed E-state index contributed by atoms with van der Waals surface area (Å²) in [6.07, 6.45) is 30.1. The van der Waals surface area contributed by atoms with Gasteiger partial charge < -0.3 is 39.9 Å². The molecule has 0 amide bonds. The number of esters is 2. The van der Waals surface area contributed by atoms with Crippen LogP contribution in [0.25, 0.3) is 0 Å². The first kappa shape index (κ1) is 55.6. The number of phosphoric acid groups is 1.